The van der Waals surface area contributed by atoms with Gasteiger partial charge in [-0.2, -0.15) is 0 Å². The van der Waals surface area contributed by atoms with E-state index >= 15 is 0 Å². The first-order valence-electron chi connectivity index (χ1n) is 6.90. The first kappa shape index (κ1) is 14.0. The number of nitrogens with one attached hydrogen (secondary N) is 1. The van der Waals surface area contributed by atoms with Crippen molar-refractivity contribution in [2.45, 2.75) is 70.9 Å². The van der Waals surface area contributed by atoms with Crippen molar-refractivity contribution in [1.29, 1.82) is 0 Å². The van der Waals surface area contributed by atoms with Crippen molar-refractivity contribution in [2.75, 3.05) is 13.7 Å². The molecule has 0 radical (unpaired) electrons. The van der Waals surface area contributed by atoms with Crippen LogP contribution in [-0.4, -0.2) is 25.3 Å². The average Bonchev–Trinajstić information content (AvgIpc) is 2.29. The maximum absolute atomic E-state index is 5.79. The average molecular weight is 227 g/mol. The molecule has 0 heterocycles. The molecule has 96 valence electrons. The molecule has 0 aromatic carbocycles. The van der Waals surface area contributed by atoms with Crippen LogP contribution in [0.4, 0.5) is 0 Å². The van der Waals surface area contributed by atoms with Gasteiger partial charge in [-0.3, -0.25) is 0 Å². The zero-order chi connectivity index (χ0) is 12.0. The molecular weight excluding hydrogens is 198 g/mol. The van der Waals surface area contributed by atoms with Crippen molar-refractivity contribution in [3.8, 4) is 0 Å². The second kappa shape index (κ2) is 6.61. The normalized spacial score (nSPS) is 30.9. The van der Waals surface area contributed by atoms with E-state index in [1.807, 2.05) is 7.11 Å². The van der Waals surface area contributed by atoms with Crippen LogP contribution in [0.1, 0.15) is 59.3 Å². The predicted octanol–water partition coefficient (Wildman–Crippen LogP) is 3.36. The summed E-state index contributed by atoms with van der Waals surface area (Å²) in [5.41, 5.74) is 0.120. The molecule has 0 bridgehead atoms. The molecule has 1 aliphatic rings. The lowest BCUT2D eigenvalue weighted by Gasteiger charge is -2.39. The van der Waals surface area contributed by atoms with Gasteiger partial charge in [0.1, 0.15) is 0 Å². The fraction of sp³-hybridized carbons (Fsp3) is 1.00. The van der Waals surface area contributed by atoms with Gasteiger partial charge in [0, 0.05) is 19.7 Å². The highest BCUT2D eigenvalue weighted by Crippen LogP contribution is 2.36. The SMILES string of the molecule is CCCC1CCC(CNC(C)C)(OC)CC1. The molecule has 0 aliphatic heterocycles. The van der Waals surface area contributed by atoms with Crippen LogP contribution < -0.4 is 5.32 Å². The van der Waals surface area contributed by atoms with Crippen molar-refractivity contribution in [3.63, 3.8) is 0 Å². The number of rotatable bonds is 6. The molecule has 0 spiro atoms. The highest BCUT2D eigenvalue weighted by atomic mass is 16.5. The lowest BCUT2D eigenvalue weighted by molar-refractivity contribution is -0.0491. The molecule has 0 aromatic heterocycles. The summed E-state index contributed by atoms with van der Waals surface area (Å²) >= 11 is 0. The van der Waals surface area contributed by atoms with Crippen molar-refractivity contribution in [1.82, 2.24) is 5.32 Å². The van der Waals surface area contributed by atoms with E-state index in [1.165, 1.54) is 38.5 Å². The van der Waals surface area contributed by atoms with E-state index in [0.717, 1.165) is 12.5 Å². The Morgan fingerprint density at radius 1 is 1.31 bits per heavy atom. The molecule has 0 amide bonds. The van der Waals surface area contributed by atoms with Gasteiger partial charge in [-0.05, 0) is 31.6 Å². The maximum atomic E-state index is 5.79. The molecule has 0 unspecified atom stereocenters. The van der Waals surface area contributed by atoms with Gasteiger partial charge in [-0.25, -0.2) is 0 Å². The van der Waals surface area contributed by atoms with Crippen LogP contribution >= 0.6 is 0 Å². The maximum Gasteiger partial charge on any atom is 0.0802 e. The molecule has 0 aromatic rings. The van der Waals surface area contributed by atoms with Crippen LogP contribution in [0.2, 0.25) is 0 Å². The van der Waals surface area contributed by atoms with E-state index in [0.29, 0.717) is 6.04 Å². The van der Waals surface area contributed by atoms with E-state index < -0.39 is 0 Å². The van der Waals surface area contributed by atoms with Crippen LogP contribution in [0.5, 0.6) is 0 Å². The molecule has 2 heteroatoms. The summed E-state index contributed by atoms with van der Waals surface area (Å²) in [5, 5.41) is 3.53. The number of ether oxygens (including phenoxy) is 1. The van der Waals surface area contributed by atoms with Gasteiger partial charge in [0.25, 0.3) is 0 Å². The van der Waals surface area contributed by atoms with E-state index in [1.54, 1.807) is 0 Å². The Morgan fingerprint density at radius 3 is 2.38 bits per heavy atom. The van der Waals surface area contributed by atoms with Crippen molar-refractivity contribution < 1.29 is 4.74 Å². The standard InChI is InChI=1S/C14H29NO/c1-5-6-13-7-9-14(16-4,10-8-13)11-15-12(2)3/h12-13,15H,5-11H2,1-4H3. The van der Waals surface area contributed by atoms with E-state index in [-0.39, 0.29) is 5.60 Å². The zero-order valence-corrected chi connectivity index (χ0v) is 11.5. The minimum atomic E-state index is 0.120. The zero-order valence-electron chi connectivity index (χ0n) is 11.5. The Hall–Kier alpha value is -0.0800. The monoisotopic (exact) mass is 227 g/mol. The molecule has 0 saturated heterocycles. The van der Waals surface area contributed by atoms with Gasteiger partial charge in [0.15, 0.2) is 0 Å². The third-order valence-corrected chi connectivity index (χ3v) is 3.98. The van der Waals surface area contributed by atoms with Crippen LogP contribution in [0.15, 0.2) is 0 Å². The minimum Gasteiger partial charge on any atom is -0.377 e. The number of methoxy groups -OCH3 is 1. The first-order valence-corrected chi connectivity index (χ1v) is 6.90. The molecule has 1 N–H and O–H groups in total. The third kappa shape index (κ3) is 4.06. The van der Waals surface area contributed by atoms with E-state index in [2.05, 4.69) is 26.1 Å². The molecule has 0 atom stereocenters. The van der Waals surface area contributed by atoms with Gasteiger partial charge in [-0.1, -0.05) is 33.6 Å². The summed E-state index contributed by atoms with van der Waals surface area (Å²) in [6.07, 6.45) is 7.89. The smallest absolute Gasteiger partial charge is 0.0802 e. The van der Waals surface area contributed by atoms with E-state index in [4.69, 9.17) is 4.74 Å². The Bertz CT molecular complexity index is 183. The Morgan fingerprint density at radius 2 is 1.94 bits per heavy atom. The molecule has 2 nitrogen and oxygen atoms in total. The van der Waals surface area contributed by atoms with Gasteiger partial charge >= 0.3 is 0 Å². The van der Waals surface area contributed by atoms with E-state index in [9.17, 15) is 0 Å². The second-order valence-corrected chi connectivity index (χ2v) is 5.65. The highest BCUT2D eigenvalue weighted by Gasteiger charge is 2.34. The fourth-order valence-corrected chi connectivity index (χ4v) is 2.74. The van der Waals surface area contributed by atoms with Crippen LogP contribution in [0, 0.1) is 5.92 Å². The van der Waals surface area contributed by atoms with Gasteiger partial charge < -0.3 is 10.1 Å². The minimum absolute atomic E-state index is 0.120. The molecule has 1 saturated carbocycles. The second-order valence-electron chi connectivity index (χ2n) is 5.65. The summed E-state index contributed by atoms with van der Waals surface area (Å²) in [6, 6.07) is 0.556. The van der Waals surface area contributed by atoms with Crippen LogP contribution in [0.3, 0.4) is 0 Å². The topological polar surface area (TPSA) is 21.3 Å². The summed E-state index contributed by atoms with van der Waals surface area (Å²) in [4.78, 5) is 0. The molecular formula is C14H29NO. The number of hydrogen-bond donors (Lipinski definition) is 1. The Labute approximate surface area is 101 Å². The number of hydrogen-bond acceptors (Lipinski definition) is 2. The summed E-state index contributed by atoms with van der Waals surface area (Å²) < 4.78 is 5.79. The lowest BCUT2D eigenvalue weighted by atomic mass is 9.77. The third-order valence-electron chi connectivity index (χ3n) is 3.98. The molecule has 1 aliphatic carbocycles. The van der Waals surface area contributed by atoms with Gasteiger partial charge in [0.2, 0.25) is 0 Å². The molecule has 1 fully saturated rings. The largest absolute Gasteiger partial charge is 0.377 e. The predicted molar refractivity (Wildman–Crippen MR) is 69.7 cm³/mol. The van der Waals surface area contributed by atoms with Gasteiger partial charge in [0.05, 0.1) is 5.60 Å². The van der Waals surface area contributed by atoms with Crippen molar-refractivity contribution in [2.24, 2.45) is 5.92 Å². The highest BCUT2D eigenvalue weighted by molar-refractivity contribution is 4.89. The lowest BCUT2D eigenvalue weighted by Crippen LogP contribution is -2.46. The Balaban J connectivity index is 2.38. The molecule has 16 heavy (non-hydrogen) atoms. The van der Waals surface area contributed by atoms with Crippen LogP contribution in [0.25, 0.3) is 0 Å². The summed E-state index contributed by atoms with van der Waals surface area (Å²) in [7, 11) is 1.88. The fourth-order valence-electron chi connectivity index (χ4n) is 2.74. The molecule has 1 rings (SSSR count). The van der Waals surface area contributed by atoms with Crippen molar-refractivity contribution in [3.05, 3.63) is 0 Å². The van der Waals surface area contributed by atoms with Gasteiger partial charge in [-0.15, -0.1) is 0 Å². The first-order chi connectivity index (χ1) is 7.62. The Kier molecular flexibility index (Phi) is 5.77. The quantitative estimate of drug-likeness (QED) is 0.751. The van der Waals surface area contributed by atoms with Crippen molar-refractivity contribution >= 4 is 0 Å². The summed E-state index contributed by atoms with van der Waals surface area (Å²) in [6.45, 7) is 7.71. The summed E-state index contributed by atoms with van der Waals surface area (Å²) in [5.74, 6) is 0.951. The van der Waals surface area contributed by atoms with Crippen LogP contribution in [-0.2, 0) is 4.74 Å².